The van der Waals surface area contributed by atoms with E-state index in [0.29, 0.717) is 6.42 Å². The smallest absolute Gasteiger partial charge is 0.227 e. The van der Waals surface area contributed by atoms with E-state index in [9.17, 15) is 9.90 Å². The number of fused-ring (bicyclic) bond motifs is 1. The Kier molecular flexibility index (Phi) is 4.82. The number of anilines is 1. The number of nitrogens with one attached hydrogen (secondary N) is 1. The highest BCUT2D eigenvalue weighted by Crippen LogP contribution is 2.45. The highest BCUT2D eigenvalue weighted by molar-refractivity contribution is 5.97. The fourth-order valence-corrected chi connectivity index (χ4v) is 4.81. The Bertz CT molecular complexity index is 1270. The predicted octanol–water partition coefficient (Wildman–Crippen LogP) is 4.97. The number of hydrogen-bond donors (Lipinski definition) is 2. The van der Waals surface area contributed by atoms with Gasteiger partial charge in [-0.3, -0.25) is 4.79 Å². The fraction of sp³-hybridized carbons (Fsp3) is 0.185. The van der Waals surface area contributed by atoms with E-state index in [4.69, 9.17) is 0 Å². The molecule has 1 aliphatic rings. The van der Waals surface area contributed by atoms with Crippen molar-refractivity contribution in [2.24, 2.45) is 0 Å². The maximum Gasteiger partial charge on any atom is 0.227 e. The summed E-state index contributed by atoms with van der Waals surface area (Å²) in [5.74, 6) is 0.326. The molecular weight excluding hydrogens is 398 g/mol. The summed E-state index contributed by atoms with van der Waals surface area (Å²) < 4.78 is 0. The summed E-state index contributed by atoms with van der Waals surface area (Å²) in [5, 5.41) is 10.2. The van der Waals surface area contributed by atoms with E-state index in [0.717, 1.165) is 33.6 Å². The number of hydrogen-bond acceptors (Lipinski definition) is 3. The molecule has 0 saturated heterocycles. The lowest BCUT2D eigenvalue weighted by atomic mass is 9.72. The second-order valence-corrected chi connectivity index (χ2v) is 8.53. The molecule has 32 heavy (non-hydrogen) atoms. The highest BCUT2D eigenvalue weighted by atomic mass is 16.3. The summed E-state index contributed by atoms with van der Waals surface area (Å²) in [4.78, 5) is 22.0. The van der Waals surface area contributed by atoms with Crippen molar-refractivity contribution in [3.63, 3.8) is 0 Å². The van der Waals surface area contributed by atoms with Gasteiger partial charge in [-0.1, -0.05) is 54.6 Å². The first-order valence-corrected chi connectivity index (χ1v) is 10.7. The number of phenolic OH excluding ortho intramolecular Hbond substituents is 1. The van der Waals surface area contributed by atoms with Gasteiger partial charge in [0.1, 0.15) is 5.75 Å². The number of carbonyl (C=O) groups is 1. The minimum atomic E-state index is -0.564. The lowest BCUT2D eigenvalue weighted by Gasteiger charge is -2.35. The average molecular weight is 424 g/mol. The Hall–Kier alpha value is -3.86. The fourth-order valence-electron chi connectivity index (χ4n) is 4.81. The molecule has 0 spiro atoms. The lowest BCUT2D eigenvalue weighted by molar-refractivity contribution is -0.118. The van der Waals surface area contributed by atoms with Gasteiger partial charge >= 0.3 is 0 Å². The van der Waals surface area contributed by atoms with Gasteiger partial charge in [0, 0.05) is 37.0 Å². The van der Waals surface area contributed by atoms with E-state index >= 15 is 0 Å². The number of carbonyl (C=O) groups excluding carboxylic acids is 1. The summed E-state index contributed by atoms with van der Waals surface area (Å²) in [6, 6.07) is 23.9. The second kappa shape index (κ2) is 7.68. The van der Waals surface area contributed by atoms with Crippen LogP contribution in [0, 0.1) is 0 Å². The van der Waals surface area contributed by atoms with Gasteiger partial charge < -0.3 is 15.0 Å². The molecule has 160 valence electrons. The number of aromatic nitrogens is 2. The minimum Gasteiger partial charge on any atom is -0.508 e. The first-order chi connectivity index (χ1) is 15.5. The number of aromatic hydroxyl groups is 1. The third kappa shape index (κ3) is 3.17. The molecule has 5 heteroatoms. The van der Waals surface area contributed by atoms with Crippen LogP contribution in [0.15, 0.2) is 85.3 Å². The van der Waals surface area contributed by atoms with Crippen LogP contribution in [0.5, 0.6) is 5.75 Å². The van der Waals surface area contributed by atoms with E-state index in [1.807, 2.05) is 49.6 Å². The average Bonchev–Trinajstić information content (AvgIpc) is 3.37. The summed E-state index contributed by atoms with van der Waals surface area (Å²) >= 11 is 0. The van der Waals surface area contributed by atoms with Crippen molar-refractivity contribution in [2.75, 3.05) is 11.9 Å². The zero-order valence-corrected chi connectivity index (χ0v) is 18.1. The molecule has 1 aromatic heterocycles. The zero-order valence-electron chi connectivity index (χ0n) is 18.1. The van der Waals surface area contributed by atoms with Gasteiger partial charge in [-0.15, -0.1) is 0 Å². The van der Waals surface area contributed by atoms with Gasteiger partial charge in [-0.25, -0.2) is 4.98 Å². The molecule has 5 nitrogen and oxygen atoms in total. The molecule has 0 aliphatic carbocycles. The van der Waals surface area contributed by atoms with Crippen LogP contribution in [0.2, 0.25) is 0 Å². The summed E-state index contributed by atoms with van der Waals surface area (Å²) in [5.41, 5.74) is 5.58. The van der Waals surface area contributed by atoms with Crippen molar-refractivity contribution in [3.8, 4) is 5.75 Å². The van der Waals surface area contributed by atoms with E-state index in [1.165, 1.54) is 0 Å². The molecule has 0 saturated carbocycles. The SMILES string of the molecule is CN1C(=O)CC(c2ccccc2)c2cc(C(C)(c3cccc(O)c3)c3cnc[nH]3)ccc21. The minimum absolute atomic E-state index is 0.00922. The number of imidazole rings is 1. The first kappa shape index (κ1) is 20.1. The molecular formula is C27H25N3O2. The Morgan fingerprint density at radius 3 is 2.53 bits per heavy atom. The third-order valence-corrected chi connectivity index (χ3v) is 6.76. The molecule has 0 fully saturated rings. The summed E-state index contributed by atoms with van der Waals surface area (Å²) in [7, 11) is 1.84. The third-order valence-electron chi connectivity index (χ3n) is 6.76. The van der Waals surface area contributed by atoms with Gasteiger partial charge in [0.05, 0.1) is 11.7 Å². The molecule has 2 N–H and O–H groups in total. The standard InChI is InChI=1S/C27H25N3O2/c1-27(25-16-28-17-29-25,19-9-6-10-21(31)13-19)20-11-12-24-23(14-20)22(15-26(32)30(24)2)18-7-4-3-5-8-18/h3-14,16-17,22,31H,15H2,1-2H3,(H,28,29). The molecule has 4 aromatic rings. The first-order valence-electron chi connectivity index (χ1n) is 10.7. The quantitative estimate of drug-likeness (QED) is 0.487. The Balaban J connectivity index is 1.72. The Labute approximate surface area is 187 Å². The zero-order chi connectivity index (χ0) is 22.3. The van der Waals surface area contributed by atoms with Crippen molar-refractivity contribution in [3.05, 3.63) is 113 Å². The Morgan fingerprint density at radius 2 is 1.81 bits per heavy atom. The van der Waals surface area contributed by atoms with Gasteiger partial charge in [0.2, 0.25) is 5.91 Å². The van der Waals surface area contributed by atoms with Gasteiger partial charge in [-0.05, 0) is 47.4 Å². The van der Waals surface area contributed by atoms with Crippen molar-refractivity contribution in [1.82, 2.24) is 9.97 Å². The van der Waals surface area contributed by atoms with Crippen LogP contribution in [0.3, 0.4) is 0 Å². The van der Waals surface area contributed by atoms with Crippen LogP contribution in [0.25, 0.3) is 0 Å². The van der Waals surface area contributed by atoms with E-state index in [-0.39, 0.29) is 17.6 Å². The highest BCUT2D eigenvalue weighted by Gasteiger charge is 2.36. The van der Waals surface area contributed by atoms with Gasteiger partial charge in [-0.2, -0.15) is 0 Å². The van der Waals surface area contributed by atoms with Crippen molar-refractivity contribution in [2.45, 2.75) is 24.7 Å². The number of nitrogens with zero attached hydrogens (tertiary/aromatic N) is 2. The van der Waals surface area contributed by atoms with Crippen LogP contribution >= 0.6 is 0 Å². The molecule has 1 aliphatic heterocycles. The topological polar surface area (TPSA) is 69.2 Å². The maximum atomic E-state index is 12.8. The van der Waals surface area contributed by atoms with E-state index < -0.39 is 5.41 Å². The largest absolute Gasteiger partial charge is 0.508 e. The van der Waals surface area contributed by atoms with E-state index in [1.54, 1.807) is 23.4 Å². The Morgan fingerprint density at radius 1 is 1.03 bits per heavy atom. The number of phenols is 1. The van der Waals surface area contributed by atoms with Gasteiger partial charge in [0.25, 0.3) is 0 Å². The molecule has 2 unspecified atom stereocenters. The molecule has 2 heterocycles. The summed E-state index contributed by atoms with van der Waals surface area (Å²) in [6.07, 6.45) is 3.94. The van der Waals surface area contributed by atoms with Crippen LogP contribution in [-0.2, 0) is 10.2 Å². The summed E-state index contributed by atoms with van der Waals surface area (Å²) in [6.45, 7) is 2.13. The molecule has 3 aromatic carbocycles. The van der Waals surface area contributed by atoms with Crippen LogP contribution in [-0.4, -0.2) is 28.0 Å². The van der Waals surface area contributed by atoms with Crippen LogP contribution in [0.4, 0.5) is 5.69 Å². The van der Waals surface area contributed by atoms with Crippen molar-refractivity contribution < 1.29 is 9.90 Å². The normalized spacial score (nSPS) is 17.6. The molecule has 1 amide bonds. The maximum absolute atomic E-state index is 12.8. The van der Waals surface area contributed by atoms with Gasteiger partial charge in [0.15, 0.2) is 0 Å². The number of benzene rings is 3. The monoisotopic (exact) mass is 423 g/mol. The molecule has 0 bridgehead atoms. The number of rotatable bonds is 4. The van der Waals surface area contributed by atoms with Crippen molar-refractivity contribution >= 4 is 11.6 Å². The van der Waals surface area contributed by atoms with Crippen molar-refractivity contribution in [1.29, 1.82) is 0 Å². The number of amides is 1. The van der Waals surface area contributed by atoms with Crippen LogP contribution < -0.4 is 4.90 Å². The number of H-pyrrole nitrogens is 1. The molecule has 0 radical (unpaired) electrons. The molecule has 2 atom stereocenters. The predicted molar refractivity (Wildman–Crippen MR) is 125 cm³/mol. The van der Waals surface area contributed by atoms with Crippen LogP contribution in [0.1, 0.15) is 47.2 Å². The number of aromatic amines is 1. The molecule has 5 rings (SSSR count). The second-order valence-electron chi connectivity index (χ2n) is 8.53. The lowest BCUT2D eigenvalue weighted by Crippen LogP contribution is -2.34. The van der Waals surface area contributed by atoms with E-state index in [2.05, 4.69) is 41.2 Å².